The minimum atomic E-state index is 0.578. The molecule has 0 aliphatic heterocycles. The quantitative estimate of drug-likeness (QED) is 0.742. The molecular weight excluding hydrogens is 258 g/mol. The molecular formula is C19H31NO. The Bertz CT molecular complexity index is 396. The van der Waals surface area contributed by atoms with Crippen molar-refractivity contribution in [3.63, 3.8) is 0 Å². The SMILES string of the molecule is CCNC(Cc1ccccc1OC)CC1CCCCCC1. The predicted octanol–water partition coefficient (Wildman–Crippen LogP) is 4.58. The van der Waals surface area contributed by atoms with Gasteiger partial charge in [0.2, 0.25) is 0 Å². The van der Waals surface area contributed by atoms with Gasteiger partial charge in [0.1, 0.15) is 5.75 Å². The highest BCUT2D eigenvalue weighted by Crippen LogP contribution is 2.28. The van der Waals surface area contributed by atoms with Gasteiger partial charge in [-0.25, -0.2) is 0 Å². The minimum absolute atomic E-state index is 0.578. The Morgan fingerprint density at radius 1 is 1.14 bits per heavy atom. The Morgan fingerprint density at radius 2 is 1.86 bits per heavy atom. The van der Waals surface area contributed by atoms with E-state index >= 15 is 0 Å². The molecule has 1 aromatic rings. The van der Waals surface area contributed by atoms with Crippen LogP contribution in [-0.4, -0.2) is 19.7 Å². The van der Waals surface area contributed by atoms with E-state index in [0.717, 1.165) is 24.6 Å². The average molecular weight is 289 g/mol. The number of likely N-dealkylation sites (N-methyl/N-ethyl adjacent to an activating group) is 1. The molecule has 1 aliphatic carbocycles. The molecule has 0 bridgehead atoms. The van der Waals surface area contributed by atoms with E-state index in [9.17, 15) is 0 Å². The van der Waals surface area contributed by atoms with E-state index in [1.54, 1.807) is 7.11 Å². The molecule has 2 rings (SSSR count). The summed E-state index contributed by atoms with van der Waals surface area (Å²) in [7, 11) is 1.77. The number of methoxy groups -OCH3 is 1. The number of benzene rings is 1. The summed E-state index contributed by atoms with van der Waals surface area (Å²) >= 11 is 0. The molecule has 0 saturated heterocycles. The fourth-order valence-electron chi connectivity index (χ4n) is 3.67. The summed E-state index contributed by atoms with van der Waals surface area (Å²) in [5.41, 5.74) is 1.33. The summed E-state index contributed by atoms with van der Waals surface area (Å²) in [6.07, 6.45) is 11.0. The Kier molecular flexibility index (Phi) is 7.08. The molecule has 1 saturated carbocycles. The Hall–Kier alpha value is -1.02. The number of para-hydroxylation sites is 1. The Morgan fingerprint density at radius 3 is 2.52 bits per heavy atom. The van der Waals surface area contributed by atoms with Crippen LogP contribution in [-0.2, 0) is 6.42 Å². The number of hydrogen-bond acceptors (Lipinski definition) is 2. The molecule has 1 fully saturated rings. The molecule has 0 heterocycles. The standard InChI is InChI=1S/C19H31NO/c1-3-20-18(14-16-10-6-4-5-7-11-16)15-17-12-8-9-13-19(17)21-2/h8-9,12-13,16,18,20H,3-7,10-11,14-15H2,1-2H3. The third kappa shape index (κ3) is 5.35. The average Bonchev–Trinajstić information content (AvgIpc) is 2.77. The van der Waals surface area contributed by atoms with Crippen LogP contribution in [0, 0.1) is 5.92 Å². The van der Waals surface area contributed by atoms with Gasteiger partial charge in [-0.3, -0.25) is 0 Å². The van der Waals surface area contributed by atoms with Crippen molar-refractivity contribution in [2.45, 2.75) is 64.3 Å². The monoisotopic (exact) mass is 289 g/mol. The third-order valence-electron chi connectivity index (χ3n) is 4.74. The van der Waals surface area contributed by atoms with Gasteiger partial charge in [0, 0.05) is 6.04 Å². The van der Waals surface area contributed by atoms with Gasteiger partial charge in [0.15, 0.2) is 0 Å². The summed E-state index contributed by atoms with van der Waals surface area (Å²) in [5, 5.41) is 3.69. The molecule has 21 heavy (non-hydrogen) atoms. The summed E-state index contributed by atoms with van der Waals surface area (Å²) < 4.78 is 5.51. The molecule has 1 N–H and O–H groups in total. The van der Waals surface area contributed by atoms with Crippen molar-refractivity contribution in [3.8, 4) is 5.75 Å². The Balaban J connectivity index is 1.97. The van der Waals surface area contributed by atoms with E-state index in [0.29, 0.717) is 6.04 Å². The van der Waals surface area contributed by atoms with Crippen LogP contribution in [0.25, 0.3) is 0 Å². The fourth-order valence-corrected chi connectivity index (χ4v) is 3.67. The lowest BCUT2D eigenvalue weighted by molar-refractivity contribution is 0.348. The molecule has 0 spiro atoms. The molecule has 2 heteroatoms. The van der Waals surface area contributed by atoms with Crippen LogP contribution in [0.15, 0.2) is 24.3 Å². The van der Waals surface area contributed by atoms with Crippen molar-refractivity contribution >= 4 is 0 Å². The molecule has 1 atom stereocenters. The number of nitrogens with one attached hydrogen (secondary N) is 1. The van der Waals surface area contributed by atoms with Crippen molar-refractivity contribution in [3.05, 3.63) is 29.8 Å². The highest BCUT2D eigenvalue weighted by Gasteiger charge is 2.19. The smallest absolute Gasteiger partial charge is 0.122 e. The van der Waals surface area contributed by atoms with E-state index < -0.39 is 0 Å². The van der Waals surface area contributed by atoms with Gasteiger partial charge in [-0.15, -0.1) is 0 Å². The topological polar surface area (TPSA) is 21.3 Å². The molecule has 118 valence electrons. The zero-order valence-corrected chi connectivity index (χ0v) is 13.7. The molecule has 1 aromatic carbocycles. The van der Waals surface area contributed by atoms with Crippen molar-refractivity contribution in [1.29, 1.82) is 0 Å². The summed E-state index contributed by atoms with van der Waals surface area (Å²) in [6.45, 7) is 3.26. The summed E-state index contributed by atoms with van der Waals surface area (Å²) in [5.74, 6) is 1.94. The zero-order chi connectivity index (χ0) is 14.9. The van der Waals surface area contributed by atoms with Gasteiger partial charge in [0.25, 0.3) is 0 Å². The number of hydrogen-bond donors (Lipinski definition) is 1. The molecule has 1 unspecified atom stereocenters. The van der Waals surface area contributed by atoms with Gasteiger partial charge in [0.05, 0.1) is 7.11 Å². The second kappa shape index (κ2) is 9.09. The molecule has 1 aliphatic rings. The summed E-state index contributed by atoms with van der Waals surface area (Å²) in [4.78, 5) is 0. The zero-order valence-electron chi connectivity index (χ0n) is 13.7. The van der Waals surface area contributed by atoms with E-state index in [-0.39, 0.29) is 0 Å². The molecule has 0 radical (unpaired) electrons. The van der Waals surface area contributed by atoms with E-state index in [1.165, 1.54) is 50.5 Å². The number of rotatable bonds is 7. The molecule has 0 amide bonds. The lowest BCUT2D eigenvalue weighted by Gasteiger charge is -2.24. The molecule has 0 aromatic heterocycles. The van der Waals surface area contributed by atoms with E-state index in [4.69, 9.17) is 4.74 Å². The Labute approximate surface area is 130 Å². The highest BCUT2D eigenvalue weighted by atomic mass is 16.5. The van der Waals surface area contributed by atoms with Crippen LogP contribution in [0.4, 0.5) is 0 Å². The van der Waals surface area contributed by atoms with E-state index in [2.05, 4.69) is 36.5 Å². The lowest BCUT2D eigenvalue weighted by Crippen LogP contribution is -2.33. The highest BCUT2D eigenvalue weighted by molar-refractivity contribution is 5.33. The number of ether oxygens (including phenoxy) is 1. The maximum Gasteiger partial charge on any atom is 0.122 e. The van der Waals surface area contributed by atoms with Gasteiger partial charge >= 0.3 is 0 Å². The first-order valence-electron chi connectivity index (χ1n) is 8.68. The van der Waals surface area contributed by atoms with Crippen LogP contribution >= 0.6 is 0 Å². The van der Waals surface area contributed by atoms with Crippen molar-refractivity contribution in [1.82, 2.24) is 5.32 Å². The van der Waals surface area contributed by atoms with Crippen LogP contribution < -0.4 is 10.1 Å². The first kappa shape index (κ1) is 16.4. The van der Waals surface area contributed by atoms with Crippen LogP contribution in [0.3, 0.4) is 0 Å². The lowest BCUT2D eigenvalue weighted by atomic mass is 9.89. The fraction of sp³-hybridized carbons (Fsp3) is 0.684. The van der Waals surface area contributed by atoms with Crippen LogP contribution in [0.1, 0.15) is 57.4 Å². The molecule has 2 nitrogen and oxygen atoms in total. The first-order chi connectivity index (χ1) is 10.3. The maximum absolute atomic E-state index is 5.51. The van der Waals surface area contributed by atoms with Gasteiger partial charge in [-0.05, 0) is 36.9 Å². The normalized spacial score (nSPS) is 18.2. The largest absolute Gasteiger partial charge is 0.496 e. The van der Waals surface area contributed by atoms with Crippen molar-refractivity contribution in [2.24, 2.45) is 5.92 Å². The van der Waals surface area contributed by atoms with E-state index in [1.807, 2.05) is 0 Å². The first-order valence-corrected chi connectivity index (χ1v) is 8.68. The summed E-state index contributed by atoms with van der Waals surface area (Å²) in [6, 6.07) is 9.03. The van der Waals surface area contributed by atoms with Gasteiger partial charge in [-0.2, -0.15) is 0 Å². The third-order valence-corrected chi connectivity index (χ3v) is 4.74. The van der Waals surface area contributed by atoms with Gasteiger partial charge < -0.3 is 10.1 Å². The van der Waals surface area contributed by atoms with Crippen LogP contribution in [0.5, 0.6) is 5.75 Å². The van der Waals surface area contributed by atoms with Crippen LogP contribution in [0.2, 0.25) is 0 Å². The maximum atomic E-state index is 5.51. The predicted molar refractivity (Wildman–Crippen MR) is 90.0 cm³/mol. The minimum Gasteiger partial charge on any atom is -0.496 e. The second-order valence-corrected chi connectivity index (χ2v) is 6.36. The van der Waals surface area contributed by atoms with Crippen molar-refractivity contribution in [2.75, 3.05) is 13.7 Å². The van der Waals surface area contributed by atoms with Crippen molar-refractivity contribution < 1.29 is 4.74 Å². The second-order valence-electron chi connectivity index (χ2n) is 6.36. The van der Waals surface area contributed by atoms with Gasteiger partial charge in [-0.1, -0.05) is 63.6 Å².